The molecule has 0 fully saturated rings. The van der Waals surface area contributed by atoms with Crippen LogP contribution in [0, 0.1) is 0 Å². The normalized spacial score (nSPS) is 18.4. The van der Waals surface area contributed by atoms with E-state index < -0.39 is 11.6 Å². The molecule has 2 aromatic rings. The van der Waals surface area contributed by atoms with Crippen LogP contribution < -0.4 is 10.6 Å². The first-order valence-corrected chi connectivity index (χ1v) is 10.2. The third kappa shape index (κ3) is 5.64. The Kier molecular flexibility index (Phi) is 6.39. The van der Waals surface area contributed by atoms with Gasteiger partial charge in [0.1, 0.15) is 11.6 Å². The highest BCUT2D eigenvalue weighted by atomic mass is 35.5. The van der Waals surface area contributed by atoms with Gasteiger partial charge in [0, 0.05) is 27.8 Å². The summed E-state index contributed by atoms with van der Waals surface area (Å²) in [4.78, 5) is 25.3. The Morgan fingerprint density at radius 2 is 1.86 bits per heavy atom. The molecule has 154 valence electrons. The van der Waals surface area contributed by atoms with Crippen LogP contribution in [0.1, 0.15) is 45.1 Å². The number of hydrogen-bond acceptors (Lipinski definition) is 4. The molecule has 2 aromatic carbocycles. The molecule has 2 N–H and O–H groups in total. The second-order valence-corrected chi connectivity index (χ2v) is 8.97. The fraction of sp³-hybridized carbons (Fsp3) is 0.364. The fourth-order valence-electron chi connectivity index (χ4n) is 3.44. The predicted molar refractivity (Wildman–Crippen MR) is 117 cm³/mol. The molecule has 2 atom stereocenters. The van der Waals surface area contributed by atoms with Gasteiger partial charge in [0.05, 0.1) is 0 Å². The van der Waals surface area contributed by atoms with Gasteiger partial charge >= 0.3 is 5.97 Å². The first-order valence-electron chi connectivity index (χ1n) is 9.45. The lowest BCUT2D eigenvalue weighted by atomic mass is 9.84. The lowest BCUT2D eigenvalue weighted by Crippen LogP contribution is -2.40. The van der Waals surface area contributed by atoms with Crippen molar-refractivity contribution in [1.29, 1.82) is 0 Å². The van der Waals surface area contributed by atoms with Gasteiger partial charge in [0.25, 0.3) is 0 Å². The van der Waals surface area contributed by atoms with Crippen molar-refractivity contribution in [2.75, 3.05) is 10.6 Å². The number of ether oxygens (including phenoxy) is 1. The maximum absolute atomic E-state index is 12.7. The molecule has 0 saturated heterocycles. The minimum atomic E-state index is -0.606. The van der Waals surface area contributed by atoms with Gasteiger partial charge in [0.2, 0.25) is 5.91 Å². The quantitative estimate of drug-likeness (QED) is 0.611. The van der Waals surface area contributed by atoms with Gasteiger partial charge < -0.3 is 15.4 Å². The van der Waals surface area contributed by atoms with E-state index in [-0.39, 0.29) is 24.2 Å². The summed E-state index contributed by atoms with van der Waals surface area (Å²) in [5.74, 6) is -0.770. The number of carbonyl (C=O) groups excluding carboxylic acids is 2. The summed E-state index contributed by atoms with van der Waals surface area (Å²) >= 11 is 12.6. The minimum Gasteiger partial charge on any atom is -0.458 e. The van der Waals surface area contributed by atoms with E-state index in [0.29, 0.717) is 22.2 Å². The molecule has 1 aliphatic rings. The van der Waals surface area contributed by atoms with Gasteiger partial charge in [-0.05, 0) is 62.9 Å². The summed E-state index contributed by atoms with van der Waals surface area (Å²) in [6, 6.07) is 12.0. The van der Waals surface area contributed by atoms with E-state index in [1.54, 1.807) is 12.1 Å². The number of anilines is 2. The third-order valence-corrected chi connectivity index (χ3v) is 5.06. The zero-order valence-corrected chi connectivity index (χ0v) is 18.1. The molecular weight excluding hydrogens is 411 g/mol. The molecule has 0 saturated carbocycles. The molecule has 3 rings (SSSR count). The smallest absolute Gasteiger partial charge is 0.329 e. The van der Waals surface area contributed by atoms with Crippen molar-refractivity contribution in [1.82, 2.24) is 0 Å². The molecule has 0 radical (unpaired) electrons. The highest BCUT2D eigenvalue weighted by Gasteiger charge is 2.36. The van der Waals surface area contributed by atoms with E-state index in [0.717, 1.165) is 11.3 Å². The number of para-hydroxylation sites is 1. The number of rotatable bonds is 4. The second kappa shape index (κ2) is 8.64. The molecule has 1 aliphatic heterocycles. The van der Waals surface area contributed by atoms with Crippen molar-refractivity contribution in [2.45, 2.75) is 51.2 Å². The van der Waals surface area contributed by atoms with Crippen LogP contribution in [0.15, 0.2) is 42.5 Å². The lowest BCUT2D eigenvalue weighted by molar-refractivity contribution is -0.156. The standard InChI is InChI=1S/C22H24Cl2N2O3/c1-22(2,3)29-21(28)18-9-13(10-19(27)25-15-7-5-4-6-8-15)20-16(24)11-14(23)12-17(20)26-18/h4-8,11-13,18,26H,9-10H2,1-3H3,(H,25,27)/t13-,18-/m1/s1. The van der Waals surface area contributed by atoms with Crippen LogP contribution in [0.2, 0.25) is 10.0 Å². The van der Waals surface area contributed by atoms with Crippen LogP contribution in [0.3, 0.4) is 0 Å². The number of esters is 1. The Balaban J connectivity index is 1.84. The second-order valence-electron chi connectivity index (χ2n) is 8.13. The molecule has 1 amide bonds. The Hall–Kier alpha value is -2.24. The third-order valence-electron chi connectivity index (χ3n) is 4.53. The average Bonchev–Trinajstić information content (AvgIpc) is 2.60. The molecule has 1 heterocycles. The van der Waals surface area contributed by atoms with E-state index in [4.69, 9.17) is 27.9 Å². The fourth-order valence-corrected chi connectivity index (χ4v) is 4.09. The van der Waals surface area contributed by atoms with Crippen molar-refractivity contribution >= 4 is 46.5 Å². The Morgan fingerprint density at radius 1 is 1.17 bits per heavy atom. The zero-order chi connectivity index (χ0) is 21.2. The summed E-state index contributed by atoms with van der Waals surface area (Å²) < 4.78 is 5.53. The van der Waals surface area contributed by atoms with Crippen LogP contribution >= 0.6 is 23.2 Å². The van der Waals surface area contributed by atoms with Crippen molar-refractivity contribution < 1.29 is 14.3 Å². The Morgan fingerprint density at radius 3 is 2.52 bits per heavy atom. The van der Waals surface area contributed by atoms with Crippen LogP contribution in [-0.4, -0.2) is 23.5 Å². The maximum Gasteiger partial charge on any atom is 0.329 e. The van der Waals surface area contributed by atoms with E-state index in [1.165, 1.54) is 0 Å². The lowest BCUT2D eigenvalue weighted by Gasteiger charge is -2.34. The predicted octanol–water partition coefficient (Wildman–Crippen LogP) is 5.63. The number of carbonyl (C=O) groups is 2. The molecule has 29 heavy (non-hydrogen) atoms. The number of fused-ring (bicyclic) bond motifs is 1. The molecule has 5 nitrogen and oxygen atoms in total. The maximum atomic E-state index is 12.7. The highest BCUT2D eigenvalue weighted by Crippen LogP contribution is 2.43. The Labute approximate surface area is 180 Å². The van der Waals surface area contributed by atoms with Crippen LogP contribution in [0.4, 0.5) is 11.4 Å². The van der Waals surface area contributed by atoms with Gasteiger partial charge in [0.15, 0.2) is 0 Å². The molecule has 7 heteroatoms. The van der Waals surface area contributed by atoms with Gasteiger partial charge in [-0.15, -0.1) is 0 Å². The topological polar surface area (TPSA) is 67.4 Å². The number of halogens is 2. The molecule has 0 aliphatic carbocycles. The monoisotopic (exact) mass is 434 g/mol. The number of hydrogen-bond donors (Lipinski definition) is 2. The first kappa shape index (κ1) is 21.5. The largest absolute Gasteiger partial charge is 0.458 e. The number of benzene rings is 2. The summed E-state index contributed by atoms with van der Waals surface area (Å²) in [6.45, 7) is 5.46. The van der Waals surface area contributed by atoms with Crippen molar-refractivity contribution in [3.05, 3.63) is 58.1 Å². The molecule has 0 bridgehead atoms. The zero-order valence-electron chi connectivity index (χ0n) is 16.6. The highest BCUT2D eigenvalue weighted by molar-refractivity contribution is 6.35. The Bertz CT molecular complexity index is 910. The van der Waals surface area contributed by atoms with Crippen LogP contribution in [-0.2, 0) is 14.3 Å². The van der Waals surface area contributed by atoms with Crippen molar-refractivity contribution in [2.24, 2.45) is 0 Å². The van der Waals surface area contributed by atoms with Crippen molar-refractivity contribution in [3.63, 3.8) is 0 Å². The minimum absolute atomic E-state index is 0.150. The van der Waals surface area contributed by atoms with E-state index in [9.17, 15) is 9.59 Å². The van der Waals surface area contributed by atoms with Crippen molar-refractivity contribution in [3.8, 4) is 0 Å². The SMILES string of the molecule is CC(C)(C)OC(=O)[C@H]1C[C@H](CC(=O)Nc2ccccc2)c2c(Cl)cc(Cl)cc2N1. The number of nitrogens with one attached hydrogen (secondary N) is 2. The molecule has 0 spiro atoms. The van der Waals surface area contributed by atoms with E-state index in [2.05, 4.69) is 10.6 Å². The van der Waals surface area contributed by atoms with E-state index >= 15 is 0 Å². The van der Waals surface area contributed by atoms with E-state index in [1.807, 2.05) is 51.1 Å². The molecule has 0 aromatic heterocycles. The van der Waals surface area contributed by atoms with Crippen LogP contribution in [0.5, 0.6) is 0 Å². The van der Waals surface area contributed by atoms with Gasteiger partial charge in [-0.25, -0.2) is 4.79 Å². The van der Waals surface area contributed by atoms with Gasteiger partial charge in [-0.3, -0.25) is 4.79 Å². The average molecular weight is 435 g/mol. The van der Waals surface area contributed by atoms with Gasteiger partial charge in [-0.2, -0.15) is 0 Å². The molecule has 0 unspecified atom stereocenters. The van der Waals surface area contributed by atoms with Crippen LogP contribution in [0.25, 0.3) is 0 Å². The van der Waals surface area contributed by atoms with Gasteiger partial charge in [-0.1, -0.05) is 41.4 Å². The number of amides is 1. The summed E-state index contributed by atoms with van der Waals surface area (Å²) in [5, 5.41) is 7.00. The first-order chi connectivity index (χ1) is 13.6. The summed E-state index contributed by atoms with van der Waals surface area (Å²) in [5.41, 5.74) is 1.56. The summed E-state index contributed by atoms with van der Waals surface area (Å²) in [6.07, 6.45) is 0.579. The molecular formula is C22H24Cl2N2O3. The summed E-state index contributed by atoms with van der Waals surface area (Å²) in [7, 11) is 0.